The monoisotopic (exact) mass is 236 g/mol. The quantitative estimate of drug-likeness (QED) is 0.553. The zero-order valence-electron chi connectivity index (χ0n) is 10.5. The minimum Gasteiger partial charge on any atom is -0.505 e. The van der Waals surface area contributed by atoms with Crippen LogP contribution in [0.25, 0.3) is 0 Å². The molecule has 0 saturated carbocycles. The number of phenolic OH excluding ortho intramolecular Hbond substituents is 1. The van der Waals surface area contributed by atoms with Crippen molar-refractivity contribution < 1.29 is 9.90 Å². The predicted octanol–water partition coefficient (Wildman–Crippen LogP) is 2.00. The highest BCUT2D eigenvalue weighted by Crippen LogP contribution is 2.24. The summed E-state index contributed by atoms with van der Waals surface area (Å²) in [5.41, 5.74) is 5.97. The SMILES string of the molecule is CC(C)C(C)CNC(=O)c1cccc(N)c1O. The van der Waals surface area contributed by atoms with Crippen molar-refractivity contribution in [3.8, 4) is 5.75 Å². The van der Waals surface area contributed by atoms with Crippen LogP contribution in [0, 0.1) is 11.8 Å². The van der Waals surface area contributed by atoms with Gasteiger partial charge in [0.1, 0.15) is 0 Å². The Hall–Kier alpha value is -1.71. The van der Waals surface area contributed by atoms with E-state index in [1.807, 2.05) is 0 Å². The van der Waals surface area contributed by atoms with Gasteiger partial charge in [0.25, 0.3) is 5.91 Å². The molecule has 0 spiro atoms. The molecule has 0 aliphatic carbocycles. The molecule has 0 radical (unpaired) electrons. The van der Waals surface area contributed by atoms with Gasteiger partial charge in [-0.25, -0.2) is 0 Å². The molecule has 1 atom stereocenters. The molecule has 4 heteroatoms. The molecule has 1 unspecified atom stereocenters. The van der Waals surface area contributed by atoms with E-state index in [2.05, 4.69) is 26.1 Å². The molecule has 17 heavy (non-hydrogen) atoms. The molecule has 0 fully saturated rings. The number of phenols is 1. The maximum Gasteiger partial charge on any atom is 0.255 e. The second-order valence-corrected chi connectivity index (χ2v) is 4.67. The summed E-state index contributed by atoms with van der Waals surface area (Å²) >= 11 is 0. The third-order valence-electron chi connectivity index (χ3n) is 3.03. The molecule has 0 aliphatic heterocycles. The van der Waals surface area contributed by atoms with Crippen molar-refractivity contribution in [3.05, 3.63) is 23.8 Å². The molecule has 0 heterocycles. The fourth-order valence-electron chi connectivity index (χ4n) is 1.33. The minimum atomic E-state index is -0.290. The van der Waals surface area contributed by atoms with Crippen LogP contribution in [0.1, 0.15) is 31.1 Å². The highest BCUT2D eigenvalue weighted by atomic mass is 16.3. The van der Waals surface area contributed by atoms with E-state index >= 15 is 0 Å². The average Bonchev–Trinajstić information content (AvgIpc) is 2.29. The number of carbonyl (C=O) groups excluding carboxylic acids is 1. The van der Waals surface area contributed by atoms with Crippen molar-refractivity contribution in [1.29, 1.82) is 0 Å². The summed E-state index contributed by atoms with van der Waals surface area (Å²) in [7, 11) is 0. The Morgan fingerprint density at radius 1 is 1.41 bits per heavy atom. The molecule has 1 aromatic rings. The third kappa shape index (κ3) is 3.37. The molecule has 1 amide bonds. The molecule has 0 aliphatic rings. The van der Waals surface area contributed by atoms with Crippen LogP contribution in [0.15, 0.2) is 18.2 Å². The fraction of sp³-hybridized carbons (Fsp3) is 0.462. The average molecular weight is 236 g/mol. The first-order valence-electron chi connectivity index (χ1n) is 5.79. The molecule has 0 saturated heterocycles. The van der Waals surface area contributed by atoms with Gasteiger partial charge in [0, 0.05) is 6.54 Å². The molecule has 94 valence electrons. The number of nitrogens with two attached hydrogens (primary N) is 1. The second kappa shape index (κ2) is 5.57. The standard InChI is InChI=1S/C13H20N2O2/c1-8(2)9(3)7-15-13(17)10-5-4-6-11(14)12(10)16/h4-6,8-9,16H,7,14H2,1-3H3,(H,15,17). The number of benzene rings is 1. The van der Waals surface area contributed by atoms with Gasteiger partial charge in [-0.05, 0) is 24.0 Å². The number of aromatic hydroxyl groups is 1. The number of hydrogen-bond acceptors (Lipinski definition) is 3. The van der Waals surface area contributed by atoms with Crippen LogP contribution < -0.4 is 11.1 Å². The molecule has 0 bridgehead atoms. The Labute approximate surface area is 102 Å². The maximum absolute atomic E-state index is 11.8. The number of carbonyl (C=O) groups is 1. The summed E-state index contributed by atoms with van der Waals surface area (Å²) in [6.07, 6.45) is 0. The number of para-hydroxylation sites is 1. The van der Waals surface area contributed by atoms with Crippen LogP contribution in [0.4, 0.5) is 5.69 Å². The van der Waals surface area contributed by atoms with Gasteiger partial charge in [0.2, 0.25) is 0 Å². The molecular formula is C13H20N2O2. The van der Waals surface area contributed by atoms with Crippen molar-refractivity contribution in [2.45, 2.75) is 20.8 Å². The Kier molecular flexibility index (Phi) is 4.37. The van der Waals surface area contributed by atoms with Crippen molar-refractivity contribution in [1.82, 2.24) is 5.32 Å². The van der Waals surface area contributed by atoms with Gasteiger partial charge in [0.05, 0.1) is 11.3 Å². The molecule has 0 aromatic heterocycles. The van der Waals surface area contributed by atoms with E-state index < -0.39 is 0 Å². The van der Waals surface area contributed by atoms with E-state index in [0.717, 1.165) is 0 Å². The minimum absolute atomic E-state index is 0.151. The number of nitrogens with one attached hydrogen (secondary N) is 1. The van der Waals surface area contributed by atoms with E-state index in [-0.39, 0.29) is 22.9 Å². The van der Waals surface area contributed by atoms with Gasteiger partial charge in [-0.15, -0.1) is 0 Å². The number of rotatable bonds is 4. The van der Waals surface area contributed by atoms with E-state index in [1.165, 1.54) is 0 Å². The van der Waals surface area contributed by atoms with Gasteiger partial charge in [-0.3, -0.25) is 4.79 Å². The summed E-state index contributed by atoms with van der Waals surface area (Å²) in [5, 5.41) is 12.5. The molecule has 4 N–H and O–H groups in total. The van der Waals surface area contributed by atoms with Crippen LogP contribution in [-0.2, 0) is 0 Å². The summed E-state index contributed by atoms with van der Waals surface area (Å²) in [5.74, 6) is 0.455. The normalized spacial score (nSPS) is 12.5. The van der Waals surface area contributed by atoms with Crippen molar-refractivity contribution in [2.75, 3.05) is 12.3 Å². The van der Waals surface area contributed by atoms with Gasteiger partial charge in [-0.2, -0.15) is 0 Å². The van der Waals surface area contributed by atoms with Crippen LogP contribution in [-0.4, -0.2) is 17.6 Å². The number of hydrogen-bond donors (Lipinski definition) is 3. The first-order valence-corrected chi connectivity index (χ1v) is 5.79. The van der Waals surface area contributed by atoms with Crippen molar-refractivity contribution in [2.24, 2.45) is 11.8 Å². The fourth-order valence-corrected chi connectivity index (χ4v) is 1.33. The number of anilines is 1. The van der Waals surface area contributed by atoms with Crippen LogP contribution in [0.5, 0.6) is 5.75 Å². The van der Waals surface area contributed by atoms with Crippen LogP contribution in [0.2, 0.25) is 0 Å². The highest BCUT2D eigenvalue weighted by Gasteiger charge is 2.14. The zero-order chi connectivity index (χ0) is 13.0. The van der Waals surface area contributed by atoms with E-state index in [4.69, 9.17) is 5.73 Å². The summed E-state index contributed by atoms with van der Waals surface area (Å²) in [6, 6.07) is 4.76. The van der Waals surface area contributed by atoms with Gasteiger partial charge < -0.3 is 16.2 Å². The van der Waals surface area contributed by atoms with Crippen LogP contribution >= 0.6 is 0 Å². The lowest BCUT2D eigenvalue weighted by molar-refractivity contribution is 0.0942. The number of amides is 1. The lowest BCUT2D eigenvalue weighted by Crippen LogP contribution is -2.30. The Bertz CT molecular complexity index is 402. The molecule has 1 rings (SSSR count). The maximum atomic E-state index is 11.8. The van der Waals surface area contributed by atoms with E-state index in [9.17, 15) is 9.90 Å². The highest BCUT2D eigenvalue weighted by molar-refractivity contribution is 5.98. The topological polar surface area (TPSA) is 75.4 Å². The first-order chi connectivity index (χ1) is 7.93. The second-order valence-electron chi connectivity index (χ2n) is 4.67. The van der Waals surface area contributed by atoms with E-state index in [0.29, 0.717) is 18.4 Å². The zero-order valence-corrected chi connectivity index (χ0v) is 10.5. The smallest absolute Gasteiger partial charge is 0.255 e. The largest absolute Gasteiger partial charge is 0.505 e. The predicted molar refractivity (Wildman–Crippen MR) is 68.9 cm³/mol. The third-order valence-corrected chi connectivity index (χ3v) is 3.03. The molecule has 1 aromatic carbocycles. The lowest BCUT2D eigenvalue weighted by atomic mass is 9.98. The van der Waals surface area contributed by atoms with Gasteiger partial charge >= 0.3 is 0 Å². The van der Waals surface area contributed by atoms with Gasteiger partial charge in [0.15, 0.2) is 5.75 Å². The summed E-state index contributed by atoms with van der Waals surface area (Å²) in [6.45, 7) is 6.87. The number of nitrogen functional groups attached to an aromatic ring is 1. The van der Waals surface area contributed by atoms with Crippen molar-refractivity contribution >= 4 is 11.6 Å². The Morgan fingerprint density at radius 3 is 2.65 bits per heavy atom. The first kappa shape index (κ1) is 13.4. The van der Waals surface area contributed by atoms with Crippen LogP contribution in [0.3, 0.4) is 0 Å². The Morgan fingerprint density at radius 2 is 2.06 bits per heavy atom. The Balaban J connectivity index is 2.68. The molecule has 4 nitrogen and oxygen atoms in total. The summed E-state index contributed by atoms with van der Waals surface area (Å²) < 4.78 is 0. The van der Waals surface area contributed by atoms with Crippen molar-refractivity contribution in [3.63, 3.8) is 0 Å². The van der Waals surface area contributed by atoms with Gasteiger partial charge in [-0.1, -0.05) is 26.8 Å². The molecular weight excluding hydrogens is 216 g/mol. The summed E-state index contributed by atoms with van der Waals surface area (Å²) in [4.78, 5) is 11.8. The lowest BCUT2D eigenvalue weighted by Gasteiger charge is -2.16. The van der Waals surface area contributed by atoms with E-state index in [1.54, 1.807) is 18.2 Å².